The number of nitro groups is 1. The van der Waals surface area contributed by atoms with Gasteiger partial charge < -0.3 is 4.74 Å². The Labute approximate surface area is 153 Å². The van der Waals surface area contributed by atoms with E-state index < -0.39 is 10.8 Å². The molecule has 0 unspecified atom stereocenters. The van der Waals surface area contributed by atoms with Crippen molar-refractivity contribution in [1.29, 1.82) is 0 Å². The summed E-state index contributed by atoms with van der Waals surface area (Å²) >= 11 is 1.25. The van der Waals surface area contributed by atoms with Crippen LogP contribution in [0.1, 0.15) is 15.9 Å². The topological polar surface area (TPSA) is 94.4 Å². The maximum atomic E-state index is 12.5. The van der Waals surface area contributed by atoms with Crippen molar-refractivity contribution < 1.29 is 14.5 Å². The van der Waals surface area contributed by atoms with Crippen LogP contribution in [0.15, 0.2) is 47.8 Å². The molecule has 0 aliphatic carbocycles. The van der Waals surface area contributed by atoms with Crippen molar-refractivity contribution in [3.05, 3.63) is 69.1 Å². The van der Waals surface area contributed by atoms with Gasteiger partial charge >= 0.3 is 0 Å². The number of ether oxygens (including phenoxy) is 1. The monoisotopic (exact) mass is 369 g/mol. The van der Waals surface area contributed by atoms with E-state index in [4.69, 9.17) is 4.74 Å². The van der Waals surface area contributed by atoms with Crippen molar-refractivity contribution in [2.24, 2.45) is 0 Å². The molecule has 3 rings (SSSR count). The standard InChI is InChI=1S/C18H15N3O4S/c1-11-3-5-12(6-4-11)15-10-26-18(19-15)20-17(22)14-9-13(25-2)7-8-16(14)21(23)24/h3-10H,1-2H3,(H,19,20,22). The zero-order chi connectivity index (χ0) is 18.7. The third-order valence-electron chi connectivity index (χ3n) is 3.72. The number of aryl methyl sites for hydroxylation is 1. The Hall–Kier alpha value is -3.26. The molecule has 1 amide bonds. The summed E-state index contributed by atoms with van der Waals surface area (Å²) in [5.74, 6) is -0.249. The zero-order valence-electron chi connectivity index (χ0n) is 14.1. The minimum absolute atomic E-state index is 0.0820. The van der Waals surface area contributed by atoms with E-state index in [1.807, 2.05) is 36.6 Å². The number of benzene rings is 2. The molecule has 1 heterocycles. The minimum atomic E-state index is -0.611. The highest BCUT2D eigenvalue weighted by Crippen LogP contribution is 2.28. The first kappa shape index (κ1) is 17.6. The van der Waals surface area contributed by atoms with E-state index in [9.17, 15) is 14.9 Å². The van der Waals surface area contributed by atoms with Crippen LogP contribution < -0.4 is 10.1 Å². The van der Waals surface area contributed by atoms with Gasteiger partial charge in [0.1, 0.15) is 11.3 Å². The molecule has 0 saturated carbocycles. The second kappa shape index (κ2) is 7.32. The lowest BCUT2D eigenvalue weighted by Crippen LogP contribution is -2.14. The van der Waals surface area contributed by atoms with Gasteiger partial charge in [0.25, 0.3) is 11.6 Å². The molecule has 7 nitrogen and oxygen atoms in total. The number of carbonyl (C=O) groups is 1. The van der Waals surface area contributed by atoms with Crippen LogP contribution in [0.3, 0.4) is 0 Å². The van der Waals surface area contributed by atoms with Crippen molar-refractivity contribution in [3.63, 3.8) is 0 Å². The molecule has 0 spiro atoms. The number of nitrogens with zero attached hydrogens (tertiary/aromatic N) is 2. The molecular formula is C18H15N3O4S. The summed E-state index contributed by atoms with van der Waals surface area (Å²) in [5.41, 5.74) is 2.42. The molecule has 0 bridgehead atoms. The Kier molecular flexibility index (Phi) is 4.94. The summed E-state index contributed by atoms with van der Waals surface area (Å²) in [6.45, 7) is 2.00. The molecule has 3 aromatic rings. The average Bonchev–Trinajstić information content (AvgIpc) is 3.10. The van der Waals surface area contributed by atoms with Crippen LogP contribution in [0.5, 0.6) is 5.75 Å². The van der Waals surface area contributed by atoms with E-state index in [1.54, 1.807) is 0 Å². The third kappa shape index (κ3) is 3.70. The molecule has 0 radical (unpaired) electrons. The molecule has 2 aromatic carbocycles. The number of rotatable bonds is 5. The summed E-state index contributed by atoms with van der Waals surface area (Å²) in [6, 6.07) is 11.9. The smallest absolute Gasteiger partial charge is 0.282 e. The van der Waals surface area contributed by atoms with Gasteiger partial charge in [-0.05, 0) is 19.1 Å². The number of anilines is 1. The van der Waals surface area contributed by atoms with Crippen molar-refractivity contribution in [3.8, 4) is 17.0 Å². The molecule has 26 heavy (non-hydrogen) atoms. The zero-order valence-corrected chi connectivity index (χ0v) is 14.9. The van der Waals surface area contributed by atoms with E-state index in [1.165, 1.54) is 36.6 Å². The molecule has 8 heteroatoms. The summed E-state index contributed by atoms with van der Waals surface area (Å²) in [6.07, 6.45) is 0. The lowest BCUT2D eigenvalue weighted by molar-refractivity contribution is -0.385. The second-order valence-electron chi connectivity index (χ2n) is 5.50. The average molecular weight is 369 g/mol. The number of nitrogens with one attached hydrogen (secondary N) is 1. The van der Waals surface area contributed by atoms with Crippen molar-refractivity contribution in [2.45, 2.75) is 6.92 Å². The fourth-order valence-electron chi connectivity index (χ4n) is 2.34. The first-order chi connectivity index (χ1) is 12.5. The fourth-order valence-corrected chi connectivity index (χ4v) is 3.05. The molecule has 0 aliphatic rings. The Bertz CT molecular complexity index is 967. The van der Waals surface area contributed by atoms with Gasteiger partial charge in [-0.3, -0.25) is 20.2 Å². The molecule has 0 aliphatic heterocycles. The largest absolute Gasteiger partial charge is 0.497 e. The quantitative estimate of drug-likeness (QED) is 0.535. The van der Waals surface area contributed by atoms with Crippen LogP contribution in [-0.2, 0) is 0 Å². The van der Waals surface area contributed by atoms with Gasteiger partial charge in [0.15, 0.2) is 5.13 Å². The van der Waals surface area contributed by atoms with Gasteiger partial charge in [-0.1, -0.05) is 29.8 Å². The van der Waals surface area contributed by atoms with E-state index in [2.05, 4.69) is 10.3 Å². The summed E-state index contributed by atoms with van der Waals surface area (Å²) < 4.78 is 5.05. The third-order valence-corrected chi connectivity index (χ3v) is 4.47. The molecule has 0 atom stereocenters. The van der Waals surface area contributed by atoms with E-state index in [0.29, 0.717) is 10.9 Å². The van der Waals surface area contributed by atoms with Crippen LogP contribution in [0.4, 0.5) is 10.8 Å². The van der Waals surface area contributed by atoms with Crippen LogP contribution in [0, 0.1) is 17.0 Å². The number of methoxy groups -OCH3 is 1. The first-order valence-corrected chi connectivity index (χ1v) is 8.52. The van der Waals surface area contributed by atoms with Gasteiger partial charge in [0.05, 0.1) is 17.7 Å². The molecule has 0 fully saturated rings. The van der Waals surface area contributed by atoms with Gasteiger partial charge in [-0.2, -0.15) is 0 Å². The van der Waals surface area contributed by atoms with Crippen LogP contribution in [-0.4, -0.2) is 22.9 Å². The predicted octanol–water partition coefficient (Wildman–Crippen LogP) is 4.29. The molecule has 1 aromatic heterocycles. The van der Waals surface area contributed by atoms with Gasteiger partial charge in [-0.15, -0.1) is 11.3 Å². The molecule has 0 saturated heterocycles. The lowest BCUT2D eigenvalue weighted by atomic mass is 10.1. The highest BCUT2D eigenvalue weighted by molar-refractivity contribution is 7.14. The highest BCUT2D eigenvalue weighted by Gasteiger charge is 2.22. The number of amides is 1. The number of aromatic nitrogens is 1. The van der Waals surface area contributed by atoms with Crippen LogP contribution in [0.2, 0.25) is 0 Å². The maximum Gasteiger partial charge on any atom is 0.282 e. The predicted molar refractivity (Wildman–Crippen MR) is 99.9 cm³/mol. The number of hydrogen-bond donors (Lipinski definition) is 1. The number of hydrogen-bond acceptors (Lipinski definition) is 6. The Morgan fingerprint density at radius 2 is 1.96 bits per heavy atom. The molecule has 1 N–H and O–H groups in total. The summed E-state index contributed by atoms with van der Waals surface area (Å²) in [4.78, 5) is 27.4. The van der Waals surface area contributed by atoms with Gasteiger partial charge in [0.2, 0.25) is 0 Å². The lowest BCUT2D eigenvalue weighted by Gasteiger charge is -2.05. The van der Waals surface area contributed by atoms with Gasteiger partial charge in [-0.25, -0.2) is 4.98 Å². The van der Waals surface area contributed by atoms with Crippen LogP contribution in [0.25, 0.3) is 11.3 Å². The number of nitro benzene ring substituents is 1. The Balaban J connectivity index is 1.85. The second-order valence-corrected chi connectivity index (χ2v) is 6.36. The van der Waals surface area contributed by atoms with Crippen molar-refractivity contribution in [2.75, 3.05) is 12.4 Å². The van der Waals surface area contributed by atoms with E-state index >= 15 is 0 Å². The molecule has 132 valence electrons. The van der Waals surface area contributed by atoms with Crippen molar-refractivity contribution >= 4 is 28.1 Å². The Morgan fingerprint density at radius 1 is 1.23 bits per heavy atom. The normalized spacial score (nSPS) is 10.4. The van der Waals surface area contributed by atoms with Crippen LogP contribution >= 0.6 is 11.3 Å². The van der Waals surface area contributed by atoms with Crippen molar-refractivity contribution in [1.82, 2.24) is 4.98 Å². The fraction of sp³-hybridized carbons (Fsp3) is 0.111. The Morgan fingerprint density at radius 3 is 2.62 bits per heavy atom. The summed E-state index contributed by atoms with van der Waals surface area (Å²) in [7, 11) is 1.43. The number of carbonyl (C=O) groups excluding carboxylic acids is 1. The van der Waals surface area contributed by atoms with E-state index in [-0.39, 0.29) is 11.3 Å². The summed E-state index contributed by atoms with van der Waals surface area (Å²) in [5, 5.41) is 16.0. The minimum Gasteiger partial charge on any atom is -0.497 e. The van der Waals surface area contributed by atoms with E-state index in [0.717, 1.165) is 16.8 Å². The highest BCUT2D eigenvalue weighted by atomic mass is 32.1. The molecular weight excluding hydrogens is 354 g/mol. The van der Waals surface area contributed by atoms with Gasteiger partial charge in [0, 0.05) is 17.0 Å². The first-order valence-electron chi connectivity index (χ1n) is 7.64. The number of thiazole rings is 1. The SMILES string of the molecule is COc1ccc([N+](=O)[O-])c(C(=O)Nc2nc(-c3ccc(C)cc3)cs2)c1. The maximum absolute atomic E-state index is 12.5.